The van der Waals surface area contributed by atoms with Gasteiger partial charge < -0.3 is 0 Å². The molecule has 0 spiro atoms. The molecule has 0 aromatic heterocycles. The molecular formula is C15H15Pm-3. The smallest absolute Gasteiger partial charge is 0 e. The van der Waals surface area contributed by atoms with Gasteiger partial charge in [-0.2, -0.15) is 54.6 Å². The third kappa shape index (κ3) is 9.92. The molecule has 0 fully saturated rings. The molecule has 3 aromatic carbocycles. The van der Waals surface area contributed by atoms with Gasteiger partial charge in [-0.15, -0.1) is 0 Å². The molecule has 0 amide bonds. The van der Waals surface area contributed by atoms with E-state index in [0.717, 1.165) is 0 Å². The van der Waals surface area contributed by atoms with Crippen LogP contribution >= 0.6 is 0 Å². The van der Waals surface area contributed by atoms with Gasteiger partial charge in [-0.3, -0.25) is 0 Å². The van der Waals surface area contributed by atoms with Gasteiger partial charge in [0.1, 0.15) is 0 Å². The van der Waals surface area contributed by atoms with Crippen LogP contribution in [-0.4, -0.2) is 0 Å². The molecule has 3 rings (SSSR count). The second-order valence-electron chi connectivity index (χ2n) is 2.89. The summed E-state index contributed by atoms with van der Waals surface area (Å²) in [6.45, 7) is 0. The summed E-state index contributed by atoms with van der Waals surface area (Å²) in [7, 11) is 0. The van der Waals surface area contributed by atoms with Crippen molar-refractivity contribution >= 4 is 0 Å². The predicted octanol–water partition coefficient (Wildman–Crippen LogP) is 4.22. The zero-order valence-corrected chi connectivity index (χ0v) is 12.0. The summed E-state index contributed by atoms with van der Waals surface area (Å²) in [5, 5.41) is 0. The van der Waals surface area contributed by atoms with E-state index in [1.54, 1.807) is 0 Å². The Balaban J connectivity index is 0.000000205. The molecule has 0 atom stereocenters. The molecular weight excluding hydrogens is 325 g/mol. The zero-order valence-electron chi connectivity index (χ0n) is 9.11. The van der Waals surface area contributed by atoms with Crippen LogP contribution in [0.2, 0.25) is 0 Å². The van der Waals surface area contributed by atoms with Crippen LogP contribution in [0.5, 0.6) is 0 Å². The van der Waals surface area contributed by atoms with E-state index >= 15 is 0 Å². The van der Waals surface area contributed by atoms with Crippen molar-refractivity contribution in [2.24, 2.45) is 0 Å². The first kappa shape index (κ1) is 15.4. The Morgan fingerprint density at radius 3 is 0.625 bits per heavy atom. The summed E-state index contributed by atoms with van der Waals surface area (Å²) in [5.41, 5.74) is 0. The summed E-state index contributed by atoms with van der Waals surface area (Å²) >= 11 is 0. The van der Waals surface area contributed by atoms with Crippen LogP contribution in [0.25, 0.3) is 0 Å². The molecule has 3 aromatic rings. The minimum Gasteiger partial charge on any atom is -0.214 e. The van der Waals surface area contributed by atoms with Crippen LogP contribution in [0.4, 0.5) is 0 Å². The van der Waals surface area contributed by atoms with Gasteiger partial charge in [0.15, 0.2) is 0 Å². The molecule has 0 saturated heterocycles. The molecule has 0 aliphatic carbocycles. The maximum atomic E-state index is 2.00. The largest absolute Gasteiger partial charge is 0.214 e. The molecule has 83 valence electrons. The van der Waals surface area contributed by atoms with Gasteiger partial charge in [-0.05, 0) is 0 Å². The van der Waals surface area contributed by atoms with Gasteiger partial charge in [0.2, 0.25) is 0 Å². The normalized spacial score (nSPS) is 7.50. The molecule has 0 unspecified atom stereocenters. The Kier molecular flexibility index (Phi) is 12.0. The second-order valence-corrected chi connectivity index (χ2v) is 2.89. The van der Waals surface area contributed by atoms with E-state index in [1.807, 2.05) is 91.0 Å². The van der Waals surface area contributed by atoms with Crippen molar-refractivity contribution in [3.63, 3.8) is 0 Å². The topological polar surface area (TPSA) is 0 Å². The Hall–Kier alpha value is -0.612. The summed E-state index contributed by atoms with van der Waals surface area (Å²) in [4.78, 5) is 0. The van der Waals surface area contributed by atoms with Gasteiger partial charge in [0.25, 0.3) is 0 Å². The fourth-order valence-electron chi connectivity index (χ4n) is 0.962. The standard InChI is InChI=1S/3C5H5.Pm/c3*1-2-4-5-3-1;/h3*1-5H;/q3*-1;. The SMILES string of the molecule is [Pm].c1cc[cH-]c1.c1cc[cH-]c1.c1cc[cH-]c1. The Labute approximate surface area is 130 Å². The van der Waals surface area contributed by atoms with Crippen molar-refractivity contribution in [2.75, 3.05) is 0 Å². The van der Waals surface area contributed by atoms with E-state index in [-0.39, 0.29) is 40.4 Å². The molecule has 0 heterocycles. The molecule has 1 radical (unpaired) electrons. The van der Waals surface area contributed by atoms with E-state index in [0.29, 0.717) is 0 Å². The second kappa shape index (κ2) is 12.5. The number of hydrogen-bond donors (Lipinski definition) is 0. The average Bonchev–Trinajstić information content (AvgIpc) is 3.09. The number of hydrogen-bond acceptors (Lipinski definition) is 0. The predicted molar refractivity (Wildman–Crippen MR) is 66.1 cm³/mol. The van der Waals surface area contributed by atoms with E-state index in [2.05, 4.69) is 0 Å². The summed E-state index contributed by atoms with van der Waals surface area (Å²) in [6.07, 6.45) is 0. The van der Waals surface area contributed by atoms with Crippen LogP contribution in [0, 0.1) is 40.4 Å². The maximum absolute atomic E-state index is 2.00. The Morgan fingerprint density at radius 1 is 0.375 bits per heavy atom. The molecule has 16 heavy (non-hydrogen) atoms. The molecule has 0 N–H and O–H groups in total. The minimum absolute atomic E-state index is 0. The molecule has 0 saturated carbocycles. The molecule has 1 heteroatoms. The van der Waals surface area contributed by atoms with Gasteiger partial charge in [0.05, 0.1) is 0 Å². The van der Waals surface area contributed by atoms with Crippen molar-refractivity contribution in [1.82, 2.24) is 0 Å². The molecule has 0 aliphatic heterocycles. The van der Waals surface area contributed by atoms with E-state index in [9.17, 15) is 0 Å². The maximum Gasteiger partial charge on any atom is 0 e. The summed E-state index contributed by atoms with van der Waals surface area (Å²) < 4.78 is 0. The van der Waals surface area contributed by atoms with Crippen LogP contribution in [0.15, 0.2) is 91.0 Å². The first-order valence-corrected chi connectivity index (χ1v) is 5.00. The Bertz CT molecular complexity index is 237. The average molecular weight is 340 g/mol. The molecule has 0 nitrogen and oxygen atoms in total. The van der Waals surface area contributed by atoms with Crippen LogP contribution in [-0.2, 0) is 0 Å². The first-order valence-electron chi connectivity index (χ1n) is 5.00. The Morgan fingerprint density at radius 2 is 0.562 bits per heavy atom. The van der Waals surface area contributed by atoms with E-state index in [1.165, 1.54) is 0 Å². The first-order chi connectivity index (χ1) is 7.50. The van der Waals surface area contributed by atoms with Crippen molar-refractivity contribution in [2.45, 2.75) is 0 Å². The van der Waals surface area contributed by atoms with Crippen molar-refractivity contribution < 1.29 is 40.4 Å². The molecule has 0 bridgehead atoms. The quantitative estimate of drug-likeness (QED) is 0.538. The van der Waals surface area contributed by atoms with E-state index in [4.69, 9.17) is 0 Å². The van der Waals surface area contributed by atoms with Crippen molar-refractivity contribution in [3.8, 4) is 0 Å². The van der Waals surface area contributed by atoms with Crippen LogP contribution in [0.1, 0.15) is 0 Å². The third-order valence-electron chi connectivity index (χ3n) is 1.67. The van der Waals surface area contributed by atoms with Crippen molar-refractivity contribution in [1.29, 1.82) is 0 Å². The number of rotatable bonds is 0. The van der Waals surface area contributed by atoms with Crippen molar-refractivity contribution in [3.05, 3.63) is 91.0 Å². The third-order valence-corrected chi connectivity index (χ3v) is 1.67. The fraction of sp³-hybridized carbons (Fsp3) is 0. The van der Waals surface area contributed by atoms with Crippen LogP contribution in [0.3, 0.4) is 0 Å². The van der Waals surface area contributed by atoms with Crippen LogP contribution < -0.4 is 0 Å². The summed E-state index contributed by atoms with van der Waals surface area (Å²) in [5.74, 6) is 0. The van der Waals surface area contributed by atoms with Gasteiger partial charge in [0, 0.05) is 40.4 Å². The van der Waals surface area contributed by atoms with Gasteiger partial charge in [-0.1, -0.05) is 0 Å². The summed E-state index contributed by atoms with van der Waals surface area (Å²) in [6, 6.07) is 30.0. The van der Waals surface area contributed by atoms with Gasteiger partial charge >= 0.3 is 0 Å². The zero-order chi connectivity index (χ0) is 10.6. The minimum atomic E-state index is 0. The van der Waals surface area contributed by atoms with Gasteiger partial charge in [-0.25, -0.2) is 36.4 Å². The molecule has 0 aliphatic rings. The fourth-order valence-corrected chi connectivity index (χ4v) is 0.962. The van der Waals surface area contributed by atoms with E-state index < -0.39 is 0 Å². The monoisotopic (exact) mass is 340 g/mol.